The van der Waals surface area contributed by atoms with Crippen molar-refractivity contribution in [2.75, 3.05) is 25.0 Å². The molecule has 0 amide bonds. The molecule has 100 valence electrons. The van der Waals surface area contributed by atoms with Gasteiger partial charge in [0.1, 0.15) is 0 Å². The van der Waals surface area contributed by atoms with Gasteiger partial charge in [0, 0.05) is 24.8 Å². The maximum absolute atomic E-state index is 3.48. The van der Waals surface area contributed by atoms with Crippen LogP contribution >= 0.6 is 0 Å². The number of piperidine rings is 1. The number of nitrogens with one attached hydrogen (secondary N) is 1. The first kappa shape index (κ1) is 13.4. The maximum Gasteiger partial charge on any atom is 0.0396 e. The molecular weight excluding hydrogens is 220 g/mol. The monoisotopic (exact) mass is 246 g/mol. The summed E-state index contributed by atoms with van der Waals surface area (Å²) in [6.45, 7) is 11.4. The molecule has 1 N–H and O–H groups in total. The lowest BCUT2D eigenvalue weighted by Crippen LogP contribution is -2.54. The van der Waals surface area contributed by atoms with Gasteiger partial charge in [-0.05, 0) is 44.4 Å². The van der Waals surface area contributed by atoms with Crippen LogP contribution < -0.4 is 10.2 Å². The number of anilines is 1. The minimum atomic E-state index is 0.393. The molecule has 1 aliphatic rings. The molecule has 1 heterocycles. The smallest absolute Gasteiger partial charge is 0.0396 e. The lowest BCUT2D eigenvalue weighted by atomic mass is 9.78. The minimum absolute atomic E-state index is 0.393. The molecule has 1 unspecified atom stereocenters. The summed E-state index contributed by atoms with van der Waals surface area (Å²) in [6.07, 6.45) is 1.24. The van der Waals surface area contributed by atoms with Crippen LogP contribution in [0.3, 0.4) is 0 Å². The second-order valence-electron chi connectivity index (χ2n) is 6.32. The average Bonchev–Trinajstić information content (AvgIpc) is 2.30. The summed E-state index contributed by atoms with van der Waals surface area (Å²) in [5, 5.41) is 3.48. The fourth-order valence-electron chi connectivity index (χ4n) is 3.02. The molecule has 0 aromatic heterocycles. The largest absolute Gasteiger partial charge is 0.370 e. The van der Waals surface area contributed by atoms with E-state index in [0.29, 0.717) is 11.5 Å². The summed E-state index contributed by atoms with van der Waals surface area (Å²) in [5.41, 5.74) is 4.53. The Hall–Kier alpha value is -1.02. The Balaban J connectivity index is 2.20. The van der Waals surface area contributed by atoms with Crippen LogP contribution in [-0.2, 0) is 0 Å². The van der Waals surface area contributed by atoms with Crippen LogP contribution in [0.4, 0.5) is 5.69 Å². The molecule has 1 aromatic carbocycles. The molecule has 2 rings (SSSR count). The zero-order valence-electron chi connectivity index (χ0n) is 12.4. The van der Waals surface area contributed by atoms with Crippen LogP contribution in [-0.4, -0.2) is 26.2 Å². The zero-order valence-corrected chi connectivity index (χ0v) is 12.4. The van der Waals surface area contributed by atoms with Crippen molar-refractivity contribution >= 4 is 5.69 Å². The van der Waals surface area contributed by atoms with Crippen molar-refractivity contribution < 1.29 is 0 Å². The lowest BCUT2D eigenvalue weighted by Gasteiger charge is -2.45. The maximum atomic E-state index is 3.48. The molecule has 0 saturated carbocycles. The average molecular weight is 246 g/mol. The van der Waals surface area contributed by atoms with E-state index in [1.54, 1.807) is 0 Å². The Morgan fingerprint density at radius 3 is 2.61 bits per heavy atom. The summed E-state index contributed by atoms with van der Waals surface area (Å²) < 4.78 is 0. The normalized spacial score (nSPS) is 23.2. The summed E-state index contributed by atoms with van der Waals surface area (Å²) in [7, 11) is 2.08. The van der Waals surface area contributed by atoms with Gasteiger partial charge in [-0.1, -0.05) is 31.5 Å². The van der Waals surface area contributed by atoms with E-state index in [1.807, 2.05) is 0 Å². The Morgan fingerprint density at radius 1 is 1.28 bits per heavy atom. The molecule has 2 nitrogen and oxygen atoms in total. The molecule has 2 heteroatoms. The highest BCUT2D eigenvalue weighted by Gasteiger charge is 2.34. The quantitative estimate of drug-likeness (QED) is 0.862. The van der Waals surface area contributed by atoms with Gasteiger partial charge in [-0.15, -0.1) is 0 Å². The predicted molar refractivity (Wildman–Crippen MR) is 79.4 cm³/mol. The highest BCUT2D eigenvalue weighted by molar-refractivity contribution is 5.55. The second-order valence-corrected chi connectivity index (χ2v) is 6.32. The zero-order chi connectivity index (χ0) is 13.3. The third-order valence-corrected chi connectivity index (χ3v) is 4.41. The van der Waals surface area contributed by atoms with Gasteiger partial charge in [0.25, 0.3) is 0 Å². The number of hydrogen-bond acceptors (Lipinski definition) is 2. The van der Waals surface area contributed by atoms with Crippen molar-refractivity contribution in [1.29, 1.82) is 0 Å². The van der Waals surface area contributed by atoms with Crippen LogP contribution in [0.2, 0.25) is 0 Å². The second kappa shape index (κ2) is 4.93. The molecule has 1 aromatic rings. The number of rotatable bonds is 2. The molecule has 1 aliphatic heterocycles. The first-order chi connectivity index (χ1) is 8.44. The number of aryl methyl sites for hydroxylation is 2. The van der Waals surface area contributed by atoms with Gasteiger partial charge in [0.2, 0.25) is 0 Å². The van der Waals surface area contributed by atoms with Crippen molar-refractivity contribution in [3.05, 3.63) is 29.3 Å². The van der Waals surface area contributed by atoms with Gasteiger partial charge in [-0.25, -0.2) is 0 Å². The molecule has 1 saturated heterocycles. The molecule has 0 bridgehead atoms. The van der Waals surface area contributed by atoms with Crippen molar-refractivity contribution in [3.63, 3.8) is 0 Å². The van der Waals surface area contributed by atoms with Gasteiger partial charge in [-0.3, -0.25) is 0 Å². The molecule has 0 spiro atoms. The van der Waals surface area contributed by atoms with Crippen molar-refractivity contribution in [2.45, 2.75) is 40.2 Å². The van der Waals surface area contributed by atoms with Crippen LogP contribution in [0.5, 0.6) is 0 Å². The molecule has 0 aliphatic carbocycles. The number of nitrogens with zero attached hydrogens (tertiary/aromatic N) is 1. The van der Waals surface area contributed by atoms with Crippen LogP contribution in [0, 0.1) is 19.3 Å². The van der Waals surface area contributed by atoms with Crippen LogP contribution in [0.15, 0.2) is 18.2 Å². The highest BCUT2D eigenvalue weighted by Crippen LogP contribution is 2.33. The van der Waals surface area contributed by atoms with Gasteiger partial charge in [0.05, 0.1) is 0 Å². The fraction of sp³-hybridized carbons (Fsp3) is 0.625. The van der Waals surface area contributed by atoms with E-state index in [1.165, 1.54) is 23.2 Å². The molecule has 0 radical (unpaired) electrons. The van der Waals surface area contributed by atoms with Crippen molar-refractivity contribution in [3.8, 4) is 0 Å². The minimum Gasteiger partial charge on any atom is -0.370 e. The fourth-order valence-corrected chi connectivity index (χ4v) is 3.02. The van der Waals surface area contributed by atoms with Gasteiger partial charge in [-0.2, -0.15) is 0 Å². The Kier molecular flexibility index (Phi) is 3.67. The third-order valence-electron chi connectivity index (χ3n) is 4.41. The van der Waals surface area contributed by atoms with E-state index in [-0.39, 0.29) is 0 Å². The number of benzene rings is 1. The van der Waals surface area contributed by atoms with Gasteiger partial charge in [0.15, 0.2) is 0 Å². The van der Waals surface area contributed by atoms with Gasteiger partial charge >= 0.3 is 0 Å². The number of hydrogen-bond donors (Lipinski definition) is 1. The third kappa shape index (κ3) is 2.54. The Labute approximate surface area is 111 Å². The summed E-state index contributed by atoms with van der Waals surface area (Å²) in [4.78, 5) is 2.53. The lowest BCUT2D eigenvalue weighted by molar-refractivity contribution is 0.208. The Morgan fingerprint density at radius 2 is 2.00 bits per heavy atom. The van der Waals surface area contributed by atoms with Crippen LogP contribution in [0.25, 0.3) is 0 Å². The molecule has 18 heavy (non-hydrogen) atoms. The summed E-state index contributed by atoms with van der Waals surface area (Å²) >= 11 is 0. The topological polar surface area (TPSA) is 15.3 Å². The van der Waals surface area contributed by atoms with E-state index in [2.05, 4.69) is 63.2 Å². The van der Waals surface area contributed by atoms with E-state index >= 15 is 0 Å². The Bertz CT molecular complexity index is 423. The van der Waals surface area contributed by atoms with E-state index in [4.69, 9.17) is 0 Å². The summed E-state index contributed by atoms with van der Waals surface area (Å²) in [5.74, 6) is 0. The predicted octanol–water partition coefficient (Wildman–Crippen LogP) is 3.13. The van der Waals surface area contributed by atoms with Gasteiger partial charge < -0.3 is 10.2 Å². The van der Waals surface area contributed by atoms with E-state index < -0.39 is 0 Å². The van der Waals surface area contributed by atoms with E-state index in [9.17, 15) is 0 Å². The van der Waals surface area contributed by atoms with Crippen LogP contribution in [0.1, 0.15) is 31.4 Å². The molecule has 1 atom stereocenters. The highest BCUT2D eigenvalue weighted by atomic mass is 15.2. The van der Waals surface area contributed by atoms with Crippen molar-refractivity contribution in [2.24, 2.45) is 5.41 Å². The molecule has 1 fully saturated rings. The van der Waals surface area contributed by atoms with Crippen molar-refractivity contribution in [1.82, 2.24) is 5.32 Å². The summed E-state index contributed by atoms with van der Waals surface area (Å²) in [6, 6.07) is 7.34. The number of likely N-dealkylation sites (N-methyl/N-ethyl adjacent to an activating group) is 1. The van der Waals surface area contributed by atoms with E-state index in [0.717, 1.165) is 13.1 Å². The first-order valence-electron chi connectivity index (χ1n) is 6.93. The standard InChI is InChI=1S/C16H26N2/c1-12-6-7-14(13(2)10-12)18-9-8-16(3,4)15(11-18)17-5/h6-7,10,15,17H,8-9,11H2,1-5H3. The SMILES string of the molecule is CNC1CN(c2ccc(C)cc2C)CCC1(C)C. The first-order valence-corrected chi connectivity index (χ1v) is 6.93. The molecular formula is C16H26N2.